The monoisotopic (exact) mass is 539 g/mol. The van der Waals surface area contributed by atoms with Gasteiger partial charge in [-0.2, -0.15) is 5.10 Å². The fourth-order valence-electron chi connectivity index (χ4n) is 5.02. The summed E-state index contributed by atoms with van der Waals surface area (Å²) < 4.78 is 18.9. The number of aryl methyl sites for hydroxylation is 2. The highest BCUT2D eigenvalue weighted by molar-refractivity contribution is 6.11. The number of aromatic nitrogens is 5. The zero-order valence-electron chi connectivity index (χ0n) is 21.9. The van der Waals surface area contributed by atoms with Gasteiger partial charge in [0.05, 0.1) is 16.8 Å². The minimum atomic E-state index is -0.925. The van der Waals surface area contributed by atoms with Crippen LogP contribution in [0.3, 0.4) is 0 Å². The number of hydrogen-bond donors (Lipinski definition) is 2. The Morgan fingerprint density at radius 1 is 1.10 bits per heavy atom. The molecule has 1 aliphatic carbocycles. The molecule has 2 aromatic carbocycles. The van der Waals surface area contributed by atoms with Gasteiger partial charge >= 0.3 is 5.69 Å². The molecular weight excluding hydrogens is 513 g/mol. The number of nitrogens with zero attached hydrogens (tertiary/aromatic N) is 5. The van der Waals surface area contributed by atoms with Gasteiger partial charge in [-0.1, -0.05) is 12.1 Å². The SMILES string of the molecule is Cc1nn(C)c(=O)n1-c1ccc(-c2cc3ccnc(C(=O)Nc4ccc(F)c(C(N)=O)c4)c3n2CC2CC2)cc1. The first-order valence-corrected chi connectivity index (χ1v) is 12.8. The molecule has 2 amide bonds. The molecule has 1 saturated carbocycles. The molecule has 10 nitrogen and oxygen atoms in total. The highest BCUT2D eigenvalue weighted by Crippen LogP contribution is 2.37. The minimum absolute atomic E-state index is 0.212. The average molecular weight is 540 g/mol. The second-order valence-corrected chi connectivity index (χ2v) is 10.0. The molecule has 0 unspecified atom stereocenters. The van der Waals surface area contributed by atoms with Crippen molar-refractivity contribution in [3.05, 3.63) is 94.2 Å². The van der Waals surface area contributed by atoms with E-state index in [9.17, 15) is 18.8 Å². The lowest BCUT2D eigenvalue weighted by atomic mass is 10.1. The lowest BCUT2D eigenvalue weighted by Crippen LogP contribution is -2.21. The molecule has 1 aliphatic rings. The maximum Gasteiger partial charge on any atom is 0.350 e. The average Bonchev–Trinajstić information content (AvgIpc) is 3.62. The maximum atomic E-state index is 13.9. The van der Waals surface area contributed by atoms with Crippen LogP contribution in [0.5, 0.6) is 0 Å². The summed E-state index contributed by atoms with van der Waals surface area (Å²) in [5, 5.41) is 7.77. The van der Waals surface area contributed by atoms with Crippen LogP contribution in [0.15, 0.2) is 65.6 Å². The fraction of sp³-hybridized carbons (Fsp3) is 0.207. The number of nitrogens with two attached hydrogens (primary N) is 1. The number of pyridine rings is 1. The van der Waals surface area contributed by atoms with Gasteiger partial charge in [-0.3, -0.25) is 9.59 Å². The Labute approximate surface area is 227 Å². The Kier molecular flexibility index (Phi) is 6.05. The van der Waals surface area contributed by atoms with E-state index in [4.69, 9.17) is 5.73 Å². The normalized spacial score (nSPS) is 13.1. The van der Waals surface area contributed by atoms with Crippen LogP contribution in [0.1, 0.15) is 39.5 Å². The Morgan fingerprint density at radius 2 is 1.85 bits per heavy atom. The van der Waals surface area contributed by atoms with Crippen molar-refractivity contribution in [1.29, 1.82) is 0 Å². The molecule has 0 spiro atoms. The Bertz CT molecular complexity index is 1860. The Hall–Kier alpha value is -5.06. The third-order valence-electron chi connectivity index (χ3n) is 7.16. The number of benzene rings is 2. The molecular formula is C29H26FN7O3. The molecule has 0 saturated heterocycles. The Balaban J connectivity index is 1.41. The molecule has 3 aromatic heterocycles. The smallest absolute Gasteiger partial charge is 0.350 e. The predicted octanol–water partition coefficient (Wildman–Crippen LogP) is 3.80. The van der Waals surface area contributed by atoms with Gasteiger partial charge in [0.25, 0.3) is 11.8 Å². The van der Waals surface area contributed by atoms with E-state index in [0.29, 0.717) is 22.9 Å². The number of anilines is 1. The van der Waals surface area contributed by atoms with E-state index in [0.717, 1.165) is 42.1 Å². The van der Waals surface area contributed by atoms with Gasteiger partial charge in [-0.15, -0.1) is 0 Å². The van der Waals surface area contributed by atoms with E-state index in [1.165, 1.54) is 16.8 Å². The fourth-order valence-corrected chi connectivity index (χ4v) is 5.02. The van der Waals surface area contributed by atoms with Gasteiger partial charge in [0.2, 0.25) is 0 Å². The number of hydrogen-bond acceptors (Lipinski definition) is 5. The third-order valence-corrected chi connectivity index (χ3v) is 7.16. The number of halogens is 1. The van der Waals surface area contributed by atoms with E-state index in [1.54, 1.807) is 24.7 Å². The number of primary amides is 1. The third kappa shape index (κ3) is 4.45. The summed E-state index contributed by atoms with van der Waals surface area (Å²) in [5.74, 6) is -1.09. The molecule has 0 atom stereocenters. The standard InChI is InChI=1S/C29H26FN7O3/c1-16-34-35(2)29(40)37(16)21-8-5-18(6-9-21)24-13-19-11-12-32-25(26(19)36(24)15-17-3-4-17)28(39)33-20-7-10-23(30)22(14-20)27(31)38/h5-14,17H,3-4,15H2,1-2H3,(H2,31,38)(H,33,39). The predicted molar refractivity (Wildman–Crippen MR) is 148 cm³/mol. The van der Waals surface area contributed by atoms with Crippen LogP contribution in [-0.2, 0) is 13.6 Å². The van der Waals surface area contributed by atoms with Gasteiger partial charge in [0, 0.05) is 36.6 Å². The Morgan fingerprint density at radius 3 is 2.50 bits per heavy atom. The van der Waals surface area contributed by atoms with Crippen LogP contribution in [0.2, 0.25) is 0 Å². The molecule has 0 bridgehead atoms. The van der Waals surface area contributed by atoms with Gasteiger partial charge < -0.3 is 15.6 Å². The van der Waals surface area contributed by atoms with Crippen LogP contribution >= 0.6 is 0 Å². The second-order valence-electron chi connectivity index (χ2n) is 10.0. The highest BCUT2D eigenvalue weighted by Gasteiger charge is 2.26. The summed E-state index contributed by atoms with van der Waals surface area (Å²) in [6.07, 6.45) is 3.78. The van der Waals surface area contributed by atoms with E-state index >= 15 is 0 Å². The lowest BCUT2D eigenvalue weighted by Gasteiger charge is -2.13. The molecule has 0 radical (unpaired) electrons. The zero-order valence-corrected chi connectivity index (χ0v) is 21.9. The first-order valence-electron chi connectivity index (χ1n) is 12.8. The number of nitrogens with one attached hydrogen (secondary N) is 1. The van der Waals surface area contributed by atoms with Crippen molar-refractivity contribution in [2.75, 3.05) is 5.32 Å². The van der Waals surface area contributed by atoms with Crippen molar-refractivity contribution < 1.29 is 14.0 Å². The largest absolute Gasteiger partial charge is 0.366 e. The molecule has 0 aliphatic heterocycles. The van der Waals surface area contributed by atoms with Gasteiger partial charge in [-0.25, -0.2) is 23.4 Å². The lowest BCUT2D eigenvalue weighted by molar-refractivity contribution is 0.0992. The minimum Gasteiger partial charge on any atom is -0.366 e. The topological polar surface area (TPSA) is 130 Å². The molecule has 202 valence electrons. The molecule has 40 heavy (non-hydrogen) atoms. The van der Waals surface area contributed by atoms with Crippen molar-refractivity contribution >= 4 is 28.4 Å². The molecule has 6 rings (SSSR count). The number of rotatable bonds is 7. The van der Waals surface area contributed by atoms with Gasteiger partial charge in [0.15, 0.2) is 5.69 Å². The second kappa shape index (κ2) is 9.60. The quantitative estimate of drug-likeness (QED) is 0.325. The summed E-state index contributed by atoms with van der Waals surface area (Å²) >= 11 is 0. The number of carbonyl (C=O) groups is 2. The summed E-state index contributed by atoms with van der Waals surface area (Å²) in [6, 6.07) is 15.2. The van der Waals surface area contributed by atoms with E-state index < -0.39 is 17.6 Å². The molecule has 11 heteroatoms. The van der Waals surface area contributed by atoms with Gasteiger partial charge in [-0.05, 0) is 73.7 Å². The van der Waals surface area contributed by atoms with Gasteiger partial charge in [0.1, 0.15) is 11.6 Å². The van der Waals surface area contributed by atoms with Crippen LogP contribution in [0.4, 0.5) is 10.1 Å². The summed E-state index contributed by atoms with van der Waals surface area (Å²) in [5.41, 5.74) is 8.41. The maximum absolute atomic E-state index is 13.9. The van der Waals surface area contributed by atoms with Crippen molar-refractivity contribution in [3.8, 4) is 16.9 Å². The van der Waals surface area contributed by atoms with E-state index in [-0.39, 0.29) is 22.6 Å². The van der Waals surface area contributed by atoms with Crippen molar-refractivity contribution in [2.45, 2.75) is 26.3 Å². The first-order chi connectivity index (χ1) is 19.2. The number of fused-ring (bicyclic) bond motifs is 1. The van der Waals surface area contributed by atoms with Crippen molar-refractivity contribution in [3.63, 3.8) is 0 Å². The van der Waals surface area contributed by atoms with Crippen LogP contribution < -0.4 is 16.7 Å². The van der Waals surface area contributed by atoms with E-state index in [1.807, 2.05) is 36.4 Å². The van der Waals surface area contributed by atoms with Crippen LogP contribution in [-0.4, -0.2) is 35.7 Å². The summed E-state index contributed by atoms with van der Waals surface area (Å²) in [4.78, 5) is 41.9. The molecule has 3 heterocycles. The molecule has 5 aromatic rings. The highest BCUT2D eigenvalue weighted by atomic mass is 19.1. The number of amides is 2. The van der Waals surface area contributed by atoms with E-state index in [2.05, 4.69) is 20.0 Å². The summed E-state index contributed by atoms with van der Waals surface area (Å²) in [6.45, 7) is 2.50. The molecule has 3 N–H and O–H groups in total. The van der Waals surface area contributed by atoms with Crippen molar-refractivity contribution in [2.24, 2.45) is 18.7 Å². The summed E-state index contributed by atoms with van der Waals surface area (Å²) in [7, 11) is 1.62. The zero-order chi connectivity index (χ0) is 28.1. The van der Waals surface area contributed by atoms with Crippen LogP contribution in [0.25, 0.3) is 27.8 Å². The molecule has 1 fully saturated rings. The first kappa shape index (κ1) is 25.2. The number of carbonyl (C=O) groups excluding carboxylic acids is 2. The van der Waals surface area contributed by atoms with Crippen molar-refractivity contribution in [1.82, 2.24) is 23.9 Å². The van der Waals surface area contributed by atoms with Crippen LogP contribution in [0, 0.1) is 18.7 Å².